The van der Waals surface area contributed by atoms with E-state index >= 15 is 0 Å². The molecular formula is C15H15N7O2. The summed E-state index contributed by atoms with van der Waals surface area (Å²) in [6.45, 7) is 0.961. The van der Waals surface area contributed by atoms with Crippen LogP contribution in [0.2, 0.25) is 0 Å². The molecule has 3 aromatic heterocycles. The Kier molecular flexibility index (Phi) is 3.47. The van der Waals surface area contributed by atoms with Gasteiger partial charge in [0.2, 0.25) is 0 Å². The van der Waals surface area contributed by atoms with Gasteiger partial charge in [0.1, 0.15) is 12.1 Å². The van der Waals surface area contributed by atoms with Crippen molar-refractivity contribution in [3.05, 3.63) is 52.3 Å². The normalized spacial score (nSPS) is 11.4. The molecule has 122 valence electrons. The molecule has 0 aliphatic heterocycles. The number of anilines is 1. The molecule has 24 heavy (non-hydrogen) atoms. The van der Waals surface area contributed by atoms with E-state index < -0.39 is 0 Å². The Morgan fingerprint density at radius 1 is 1.25 bits per heavy atom. The molecule has 0 aliphatic rings. The van der Waals surface area contributed by atoms with Gasteiger partial charge in [-0.25, -0.2) is 9.78 Å². The summed E-state index contributed by atoms with van der Waals surface area (Å²) in [7, 11) is 1.62. The predicted molar refractivity (Wildman–Crippen MR) is 87.7 cm³/mol. The first kappa shape index (κ1) is 14.4. The van der Waals surface area contributed by atoms with Gasteiger partial charge in [0.05, 0.1) is 23.3 Å². The third-order valence-corrected chi connectivity index (χ3v) is 3.65. The van der Waals surface area contributed by atoms with Crippen LogP contribution >= 0.6 is 0 Å². The molecule has 4 rings (SSSR count). The largest absolute Gasteiger partial charge is 0.378 e. The molecule has 0 atom stereocenters. The maximum Gasteiger partial charge on any atom is 0.323 e. The molecule has 0 saturated heterocycles. The van der Waals surface area contributed by atoms with E-state index in [0.717, 1.165) is 28.1 Å². The lowest BCUT2D eigenvalue weighted by Crippen LogP contribution is -2.08. The second-order valence-corrected chi connectivity index (χ2v) is 5.35. The number of aromatic nitrogens is 6. The number of nitrogens with zero attached hydrogens (tertiary/aromatic N) is 4. The van der Waals surface area contributed by atoms with Crippen LogP contribution in [0.5, 0.6) is 0 Å². The van der Waals surface area contributed by atoms with Crippen LogP contribution in [0, 0.1) is 0 Å². The number of benzene rings is 1. The summed E-state index contributed by atoms with van der Waals surface area (Å²) >= 11 is 0. The quantitative estimate of drug-likeness (QED) is 0.505. The lowest BCUT2D eigenvalue weighted by molar-refractivity contribution is 0.181. The molecule has 1 aromatic carbocycles. The molecule has 4 aromatic rings. The highest BCUT2D eigenvalue weighted by molar-refractivity contribution is 5.75. The number of ether oxygens (including phenoxy) is 1. The zero-order valence-corrected chi connectivity index (χ0v) is 12.9. The fourth-order valence-electron chi connectivity index (χ4n) is 2.59. The number of hydrogen-bond acceptors (Lipinski definition) is 6. The molecule has 0 unspecified atom stereocenters. The molecule has 9 nitrogen and oxygen atoms in total. The number of imidazole rings is 1. The first-order chi connectivity index (χ1) is 11.7. The monoisotopic (exact) mass is 325 g/mol. The molecule has 0 spiro atoms. The number of fused-ring (bicyclic) bond motifs is 2. The van der Waals surface area contributed by atoms with Gasteiger partial charge >= 0.3 is 5.69 Å². The summed E-state index contributed by atoms with van der Waals surface area (Å²) < 4.78 is 6.77. The van der Waals surface area contributed by atoms with E-state index in [2.05, 4.69) is 30.4 Å². The minimum absolute atomic E-state index is 0.210. The molecule has 0 bridgehead atoms. The molecule has 0 amide bonds. The van der Waals surface area contributed by atoms with Crippen LogP contribution in [0.3, 0.4) is 0 Å². The maximum absolute atomic E-state index is 11.3. The van der Waals surface area contributed by atoms with Crippen LogP contribution in [0.1, 0.15) is 11.3 Å². The van der Waals surface area contributed by atoms with Crippen LogP contribution in [-0.2, 0) is 17.9 Å². The second-order valence-electron chi connectivity index (χ2n) is 5.35. The first-order valence-electron chi connectivity index (χ1n) is 7.36. The predicted octanol–water partition coefficient (Wildman–Crippen LogP) is 1.05. The summed E-state index contributed by atoms with van der Waals surface area (Å²) in [5.74, 6) is 1.28. The Bertz CT molecular complexity index is 1060. The van der Waals surface area contributed by atoms with Crippen molar-refractivity contribution in [2.45, 2.75) is 13.2 Å². The Hall–Kier alpha value is -3.20. The van der Waals surface area contributed by atoms with Gasteiger partial charge in [0.15, 0.2) is 0 Å². The molecule has 3 heterocycles. The smallest absolute Gasteiger partial charge is 0.323 e. The summed E-state index contributed by atoms with van der Waals surface area (Å²) in [6, 6.07) is 7.63. The van der Waals surface area contributed by atoms with E-state index in [1.165, 1.54) is 6.33 Å². The van der Waals surface area contributed by atoms with Crippen LogP contribution in [0.25, 0.3) is 16.8 Å². The highest BCUT2D eigenvalue weighted by Gasteiger charge is 2.08. The van der Waals surface area contributed by atoms with Crippen LogP contribution in [0.15, 0.2) is 35.4 Å². The van der Waals surface area contributed by atoms with Crippen LogP contribution in [-0.4, -0.2) is 36.7 Å². The number of rotatable bonds is 5. The van der Waals surface area contributed by atoms with E-state index in [4.69, 9.17) is 4.74 Å². The van der Waals surface area contributed by atoms with Crippen molar-refractivity contribution in [2.24, 2.45) is 0 Å². The van der Waals surface area contributed by atoms with E-state index in [1.54, 1.807) is 11.6 Å². The zero-order chi connectivity index (χ0) is 16.5. The highest BCUT2D eigenvalue weighted by atomic mass is 16.5. The number of methoxy groups -OCH3 is 1. The van der Waals surface area contributed by atoms with Crippen molar-refractivity contribution in [1.82, 2.24) is 29.5 Å². The number of H-pyrrole nitrogens is 2. The zero-order valence-electron chi connectivity index (χ0n) is 12.9. The van der Waals surface area contributed by atoms with Gasteiger partial charge in [0.25, 0.3) is 5.78 Å². The van der Waals surface area contributed by atoms with Gasteiger partial charge in [-0.15, -0.1) is 0 Å². The molecular weight excluding hydrogens is 310 g/mol. The lowest BCUT2D eigenvalue weighted by Gasteiger charge is -2.10. The van der Waals surface area contributed by atoms with Crippen LogP contribution in [0.4, 0.5) is 5.82 Å². The van der Waals surface area contributed by atoms with Gasteiger partial charge in [-0.2, -0.15) is 14.6 Å². The van der Waals surface area contributed by atoms with Gasteiger partial charge in [-0.1, -0.05) is 6.07 Å². The standard InChI is InChI=1S/C15H15N7O2/c1-24-7-10-5-13(22-14(19-10)17-8-18-22)16-6-9-2-3-11-12(4-9)21-15(23)20-11/h2-5,8,16H,6-7H2,1H3,(H2,20,21,23). The highest BCUT2D eigenvalue weighted by Crippen LogP contribution is 2.15. The molecule has 9 heteroatoms. The summed E-state index contributed by atoms with van der Waals surface area (Å²) in [5, 5.41) is 7.50. The molecule has 0 saturated carbocycles. The average Bonchev–Trinajstić information content (AvgIpc) is 3.17. The minimum Gasteiger partial charge on any atom is -0.378 e. The number of hydrogen-bond donors (Lipinski definition) is 3. The Morgan fingerprint density at radius 2 is 2.12 bits per heavy atom. The third-order valence-electron chi connectivity index (χ3n) is 3.65. The SMILES string of the molecule is COCc1cc(NCc2ccc3[nH]c(=O)[nH]c3c2)n2ncnc2n1. The summed E-state index contributed by atoms with van der Waals surface area (Å²) in [4.78, 5) is 25.3. The Morgan fingerprint density at radius 3 is 3.00 bits per heavy atom. The average molecular weight is 325 g/mol. The van der Waals surface area contributed by atoms with Crippen molar-refractivity contribution < 1.29 is 4.74 Å². The first-order valence-corrected chi connectivity index (χ1v) is 7.36. The van der Waals surface area contributed by atoms with Crippen molar-refractivity contribution in [3.63, 3.8) is 0 Å². The van der Waals surface area contributed by atoms with E-state index in [0.29, 0.717) is 18.9 Å². The van der Waals surface area contributed by atoms with E-state index in [-0.39, 0.29) is 5.69 Å². The lowest BCUT2D eigenvalue weighted by atomic mass is 10.2. The minimum atomic E-state index is -0.210. The van der Waals surface area contributed by atoms with Crippen LogP contribution < -0.4 is 11.0 Å². The van der Waals surface area contributed by atoms with Gasteiger partial charge in [-0.05, 0) is 17.7 Å². The van der Waals surface area contributed by atoms with Crippen molar-refractivity contribution in [2.75, 3.05) is 12.4 Å². The van der Waals surface area contributed by atoms with Gasteiger partial charge in [0, 0.05) is 19.7 Å². The summed E-state index contributed by atoms with van der Waals surface area (Å²) in [6.07, 6.45) is 1.46. The van der Waals surface area contributed by atoms with Gasteiger partial charge in [-0.3, -0.25) is 0 Å². The second kappa shape index (κ2) is 5.78. The summed E-state index contributed by atoms with van der Waals surface area (Å²) in [5.41, 5.74) is 3.15. The Labute approximate surface area is 135 Å². The molecule has 3 N–H and O–H groups in total. The number of aromatic amines is 2. The molecule has 0 fully saturated rings. The molecule has 0 aliphatic carbocycles. The van der Waals surface area contributed by atoms with E-state index in [1.807, 2.05) is 24.3 Å². The fraction of sp³-hybridized carbons (Fsp3) is 0.200. The van der Waals surface area contributed by atoms with E-state index in [9.17, 15) is 4.79 Å². The van der Waals surface area contributed by atoms with Crippen molar-refractivity contribution in [3.8, 4) is 0 Å². The Balaban J connectivity index is 1.62. The maximum atomic E-state index is 11.3. The van der Waals surface area contributed by atoms with Crippen molar-refractivity contribution in [1.29, 1.82) is 0 Å². The van der Waals surface area contributed by atoms with Crippen molar-refractivity contribution >= 4 is 22.6 Å². The number of nitrogens with one attached hydrogen (secondary N) is 3. The third kappa shape index (κ3) is 2.61. The molecule has 0 radical (unpaired) electrons. The fourth-order valence-corrected chi connectivity index (χ4v) is 2.59. The van der Waals surface area contributed by atoms with Gasteiger partial charge < -0.3 is 20.0 Å². The topological polar surface area (TPSA) is 113 Å².